The molecule has 4 N–H and O–H groups in total. The molecule has 3 unspecified atom stereocenters. The summed E-state index contributed by atoms with van der Waals surface area (Å²) >= 11 is 0. The Hall–Kier alpha value is -0.240. The van der Waals surface area contributed by atoms with Crippen LogP contribution >= 0.6 is 0 Å². The summed E-state index contributed by atoms with van der Waals surface area (Å²) in [6.45, 7) is 12.1. The van der Waals surface area contributed by atoms with Gasteiger partial charge in [-0.2, -0.15) is 0 Å². The Morgan fingerprint density at radius 3 is 1.28 bits per heavy atom. The second kappa shape index (κ2) is 33.1. The molecule has 0 aromatic rings. The van der Waals surface area contributed by atoms with Crippen LogP contribution < -0.4 is 5.32 Å². The highest BCUT2D eigenvalue weighted by molar-refractivity contribution is 4.71. The van der Waals surface area contributed by atoms with Crippen LogP contribution in [0.5, 0.6) is 0 Å². The third kappa shape index (κ3) is 31.5. The number of aliphatic hydroxyl groups excluding tert-OH is 3. The number of nitrogens with one attached hydrogen (secondary N) is 1. The van der Waals surface area contributed by atoms with E-state index in [1.807, 2.05) is 6.92 Å². The number of hydrogen-bond acceptors (Lipinski definition) is 6. The molecule has 43 heavy (non-hydrogen) atoms. The average molecular weight is 614 g/mol. The summed E-state index contributed by atoms with van der Waals surface area (Å²) in [6, 6.07) is 0. The lowest BCUT2D eigenvalue weighted by Crippen LogP contribution is -2.43. The predicted molar refractivity (Wildman–Crippen MR) is 188 cm³/mol. The largest absolute Gasteiger partial charge is 0.392 e. The number of aliphatic hydroxyl groups is 3. The van der Waals surface area contributed by atoms with Gasteiger partial charge in [0.05, 0.1) is 18.3 Å². The molecule has 0 fully saturated rings. The Labute approximate surface area is 269 Å². The minimum Gasteiger partial charge on any atom is -0.392 e. The van der Waals surface area contributed by atoms with Crippen LogP contribution in [-0.4, -0.2) is 96.3 Å². The first-order valence-electron chi connectivity index (χ1n) is 19.1. The smallest absolute Gasteiger partial charge is 0.0667 e. The molecule has 0 rings (SSSR count). The van der Waals surface area contributed by atoms with Crippen LogP contribution in [0.4, 0.5) is 0 Å². The second-order valence-electron chi connectivity index (χ2n) is 13.6. The standard InChI is InChI=1S/C37H79N3O3/c1-5-8-10-12-14-16-18-20-22-24-26-36(42)33-40(31-30-39(4)29-28-38-32-35(41)7-3)34-37(43)27-25-23-21-19-17-15-13-11-9-6-2/h35-38,41-43H,5-34H2,1-4H3. The zero-order valence-corrected chi connectivity index (χ0v) is 29.7. The summed E-state index contributed by atoms with van der Waals surface area (Å²) in [4.78, 5) is 4.61. The Kier molecular flexibility index (Phi) is 32.9. The van der Waals surface area contributed by atoms with Gasteiger partial charge >= 0.3 is 0 Å². The summed E-state index contributed by atoms with van der Waals surface area (Å²) in [5.41, 5.74) is 0. The van der Waals surface area contributed by atoms with Crippen LogP contribution in [0.3, 0.4) is 0 Å². The fraction of sp³-hybridized carbons (Fsp3) is 1.00. The molecular weight excluding hydrogens is 534 g/mol. The van der Waals surface area contributed by atoms with Crippen molar-refractivity contribution in [3.8, 4) is 0 Å². The third-order valence-electron chi connectivity index (χ3n) is 9.04. The number of hydrogen-bond donors (Lipinski definition) is 4. The first kappa shape index (κ1) is 42.8. The summed E-state index contributed by atoms with van der Waals surface area (Å²) < 4.78 is 0. The van der Waals surface area contributed by atoms with E-state index >= 15 is 0 Å². The summed E-state index contributed by atoms with van der Waals surface area (Å²) in [7, 11) is 2.14. The van der Waals surface area contributed by atoms with E-state index in [4.69, 9.17) is 0 Å². The van der Waals surface area contributed by atoms with E-state index in [1.54, 1.807) is 0 Å². The SMILES string of the molecule is CCCCCCCCCCCCC(O)CN(CCN(C)CCNCC(O)CC)CC(O)CCCCCCCCCCCC. The Balaban J connectivity index is 4.34. The fourth-order valence-corrected chi connectivity index (χ4v) is 5.88. The molecule has 0 radical (unpaired) electrons. The van der Waals surface area contributed by atoms with E-state index in [0.717, 1.165) is 58.3 Å². The van der Waals surface area contributed by atoms with Crippen molar-refractivity contribution in [2.45, 2.75) is 187 Å². The highest BCUT2D eigenvalue weighted by Crippen LogP contribution is 2.14. The van der Waals surface area contributed by atoms with Crippen LogP contribution in [0.2, 0.25) is 0 Å². The van der Waals surface area contributed by atoms with Crippen molar-refractivity contribution in [2.75, 3.05) is 52.9 Å². The lowest BCUT2D eigenvalue weighted by atomic mass is 10.0. The summed E-state index contributed by atoms with van der Waals surface area (Å²) in [5.74, 6) is 0. The van der Waals surface area contributed by atoms with E-state index in [0.29, 0.717) is 19.6 Å². The van der Waals surface area contributed by atoms with Gasteiger partial charge in [0, 0.05) is 45.8 Å². The number of unbranched alkanes of at least 4 members (excludes halogenated alkanes) is 18. The van der Waals surface area contributed by atoms with Gasteiger partial charge in [-0.3, -0.25) is 4.90 Å². The normalized spacial score (nSPS) is 14.2. The molecule has 6 nitrogen and oxygen atoms in total. The molecule has 0 heterocycles. The molecule has 0 amide bonds. The lowest BCUT2D eigenvalue weighted by Gasteiger charge is -2.29. The monoisotopic (exact) mass is 614 g/mol. The van der Waals surface area contributed by atoms with E-state index in [2.05, 4.69) is 36.0 Å². The third-order valence-corrected chi connectivity index (χ3v) is 9.04. The fourth-order valence-electron chi connectivity index (χ4n) is 5.88. The van der Waals surface area contributed by atoms with Gasteiger partial charge in [-0.05, 0) is 26.3 Å². The van der Waals surface area contributed by atoms with Gasteiger partial charge < -0.3 is 25.5 Å². The van der Waals surface area contributed by atoms with Crippen molar-refractivity contribution < 1.29 is 15.3 Å². The van der Waals surface area contributed by atoms with Crippen LogP contribution in [0.15, 0.2) is 0 Å². The van der Waals surface area contributed by atoms with Gasteiger partial charge in [-0.1, -0.05) is 149 Å². The van der Waals surface area contributed by atoms with Gasteiger partial charge in [0.15, 0.2) is 0 Å². The molecule has 0 spiro atoms. The summed E-state index contributed by atoms with van der Waals surface area (Å²) in [5, 5.41) is 34.8. The Morgan fingerprint density at radius 1 is 0.488 bits per heavy atom. The minimum atomic E-state index is -0.318. The maximum atomic E-state index is 10.9. The zero-order valence-electron chi connectivity index (χ0n) is 29.7. The average Bonchev–Trinajstić information content (AvgIpc) is 2.99. The minimum absolute atomic E-state index is 0.269. The maximum absolute atomic E-state index is 10.9. The van der Waals surface area contributed by atoms with Crippen molar-refractivity contribution in [2.24, 2.45) is 0 Å². The highest BCUT2D eigenvalue weighted by atomic mass is 16.3. The predicted octanol–water partition coefficient (Wildman–Crippen LogP) is 7.92. The number of likely N-dealkylation sites (N-methyl/N-ethyl adjacent to an activating group) is 1. The number of nitrogens with zero attached hydrogens (tertiary/aromatic N) is 2. The van der Waals surface area contributed by atoms with E-state index in [-0.39, 0.29) is 18.3 Å². The quantitative estimate of drug-likeness (QED) is 0.0544. The van der Waals surface area contributed by atoms with Crippen molar-refractivity contribution in [1.82, 2.24) is 15.1 Å². The van der Waals surface area contributed by atoms with Crippen molar-refractivity contribution >= 4 is 0 Å². The van der Waals surface area contributed by atoms with Crippen molar-refractivity contribution in [3.63, 3.8) is 0 Å². The molecule has 0 aliphatic carbocycles. The topological polar surface area (TPSA) is 79.2 Å². The molecular formula is C37H79N3O3. The van der Waals surface area contributed by atoms with Gasteiger partial charge in [-0.15, -0.1) is 0 Å². The van der Waals surface area contributed by atoms with Crippen LogP contribution in [0.25, 0.3) is 0 Å². The molecule has 0 saturated carbocycles. The van der Waals surface area contributed by atoms with Crippen LogP contribution in [0.1, 0.15) is 168 Å². The lowest BCUT2D eigenvalue weighted by molar-refractivity contribution is 0.0563. The molecule has 0 aromatic carbocycles. The number of rotatable bonds is 35. The molecule has 6 heteroatoms. The van der Waals surface area contributed by atoms with Crippen molar-refractivity contribution in [3.05, 3.63) is 0 Å². The van der Waals surface area contributed by atoms with Gasteiger partial charge in [0.25, 0.3) is 0 Å². The molecule has 0 aliphatic heterocycles. The molecule has 0 aliphatic rings. The van der Waals surface area contributed by atoms with Gasteiger partial charge in [-0.25, -0.2) is 0 Å². The van der Waals surface area contributed by atoms with Crippen LogP contribution in [0, 0.1) is 0 Å². The van der Waals surface area contributed by atoms with Gasteiger partial charge in [0.1, 0.15) is 0 Å². The first-order valence-corrected chi connectivity index (χ1v) is 19.1. The molecule has 3 atom stereocenters. The van der Waals surface area contributed by atoms with Crippen LogP contribution in [-0.2, 0) is 0 Å². The molecule has 260 valence electrons. The molecule has 0 saturated heterocycles. The van der Waals surface area contributed by atoms with Gasteiger partial charge in [0.2, 0.25) is 0 Å². The van der Waals surface area contributed by atoms with Crippen molar-refractivity contribution in [1.29, 1.82) is 0 Å². The van der Waals surface area contributed by atoms with E-state index in [1.165, 1.54) is 116 Å². The Bertz CT molecular complexity index is 507. The zero-order chi connectivity index (χ0) is 31.8. The molecule has 0 aromatic heterocycles. The maximum Gasteiger partial charge on any atom is 0.0667 e. The van der Waals surface area contributed by atoms with E-state index in [9.17, 15) is 15.3 Å². The highest BCUT2D eigenvalue weighted by Gasteiger charge is 2.16. The first-order chi connectivity index (χ1) is 20.9. The summed E-state index contributed by atoms with van der Waals surface area (Å²) in [6.07, 6.45) is 27.9. The Morgan fingerprint density at radius 2 is 0.884 bits per heavy atom. The van der Waals surface area contributed by atoms with E-state index < -0.39 is 0 Å². The molecule has 0 bridgehead atoms. The second-order valence-corrected chi connectivity index (χ2v) is 13.6.